The van der Waals surface area contributed by atoms with Crippen LogP contribution in [0, 0.1) is 6.92 Å². The highest BCUT2D eigenvalue weighted by Gasteiger charge is 2.05. The normalized spacial score (nSPS) is 10.8. The number of aryl methyl sites for hydroxylation is 1. The molecule has 0 saturated carbocycles. The van der Waals surface area contributed by atoms with Crippen molar-refractivity contribution in [2.24, 2.45) is 4.99 Å². The highest BCUT2D eigenvalue weighted by atomic mass is 16.5. The predicted octanol–water partition coefficient (Wildman–Crippen LogP) is 3.47. The number of ether oxygens (including phenoxy) is 2. The Morgan fingerprint density at radius 2 is 1.90 bits per heavy atom. The van der Waals surface area contributed by atoms with Crippen LogP contribution in [0.2, 0.25) is 0 Å². The Hall–Kier alpha value is -2.49. The fourth-order valence-corrected chi connectivity index (χ4v) is 1.80. The zero-order chi connectivity index (χ0) is 14.5. The summed E-state index contributed by atoms with van der Waals surface area (Å²) in [5.41, 5.74) is 2.43. The number of hydrogen-bond acceptors (Lipinski definition) is 4. The van der Waals surface area contributed by atoms with Crippen LogP contribution in [-0.4, -0.2) is 25.5 Å². The molecule has 4 heteroatoms. The first-order chi connectivity index (χ1) is 9.65. The molecule has 0 bridgehead atoms. The summed E-state index contributed by atoms with van der Waals surface area (Å²) in [5, 5.41) is 10.00. The second kappa shape index (κ2) is 6.10. The zero-order valence-electron chi connectivity index (χ0n) is 11.8. The molecule has 0 atom stereocenters. The molecule has 104 valence electrons. The van der Waals surface area contributed by atoms with E-state index in [4.69, 9.17) is 9.47 Å². The number of hydrogen-bond donors (Lipinski definition) is 1. The van der Waals surface area contributed by atoms with E-state index < -0.39 is 0 Å². The van der Waals surface area contributed by atoms with Gasteiger partial charge in [0.05, 0.1) is 19.9 Å². The van der Waals surface area contributed by atoms with Crippen molar-refractivity contribution in [1.82, 2.24) is 0 Å². The summed E-state index contributed by atoms with van der Waals surface area (Å²) < 4.78 is 10.2. The summed E-state index contributed by atoms with van der Waals surface area (Å²) in [6.07, 6.45) is 1.61. The van der Waals surface area contributed by atoms with Crippen molar-refractivity contribution >= 4 is 11.9 Å². The first-order valence-electron chi connectivity index (χ1n) is 6.20. The van der Waals surface area contributed by atoms with E-state index in [9.17, 15) is 5.11 Å². The van der Waals surface area contributed by atoms with E-state index in [2.05, 4.69) is 4.99 Å². The topological polar surface area (TPSA) is 51.0 Å². The van der Waals surface area contributed by atoms with Gasteiger partial charge in [-0.3, -0.25) is 4.99 Å². The molecule has 20 heavy (non-hydrogen) atoms. The molecule has 0 aliphatic heterocycles. The summed E-state index contributed by atoms with van der Waals surface area (Å²) in [6.45, 7) is 1.97. The van der Waals surface area contributed by atoms with Gasteiger partial charge in [-0.25, -0.2) is 0 Å². The van der Waals surface area contributed by atoms with Gasteiger partial charge >= 0.3 is 0 Å². The van der Waals surface area contributed by atoms with E-state index in [1.165, 1.54) is 7.11 Å². The van der Waals surface area contributed by atoms with Crippen molar-refractivity contribution in [3.63, 3.8) is 0 Å². The molecule has 0 aliphatic rings. The van der Waals surface area contributed by atoms with Gasteiger partial charge in [-0.2, -0.15) is 0 Å². The number of phenolic OH excluding ortho intramolecular Hbond substituents is 1. The third kappa shape index (κ3) is 2.91. The maximum Gasteiger partial charge on any atom is 0.166 e. The van der Waals surface area contributed by atoms with Crippen molar-refractivity contribution < 1.29 is 14.6 Å². The molecular formula is C16H17NO3. The minimum absolute atomic E-state index is 0.0827. The van der Waals surface area contributed by atoms with Gasteiger partial charge in [0.1, 0.15) is 5.75 Å². The Morgan fingerprint density at radius 1 is 1.10 bits per heavy atom. The molecule has 0 unspecified atom stereocenters. The molecule has 0 fully saturated rings. The Balaban J connectivity index is 2.34. The molecule has 2 aromatic carbocycles. The third-order valence-corrected chi connectivity index (χ3v) is 3.01. The second-order valence-corrected chi connectivity index (χ2v) is 4.31. The SMILES string of the molecule is COc1ccc(C)c(N=Cc2cccc(OC)c2O)c1. The molecule has 0 heterocycles. The average Bonchev–Trinajstić information content (AvgIpc) is 2.47. The molecule has 0 saturated heterocycles. The van der Waals surface area contributed by atoms with Gasteiger partial charge in [0.25, 0.3) is 0 Å². The van der Waals surface area contributed by atoms with Gasteiger partial charge in [0, 0.05) is 17.8 Å². The van der Waals surface area contributed by atoms with Gasteiger partial charge in [-0.1, -0.05) is 12.1 Å². The molecule has 0 aromatic heterocycles. The van der Waals surface area contributed by atoms with Gasteiger partial charge in [-0.05, 0) is 30.7 Å². The van der Waals surface area contributed by atoms with Crippen LogP contribution in [0.15, 0.2) is 41.4 Å². The van der Waals surface area contributed by atoms with Crippen LogP contribution >= 0.6 is 0 Å². The zero-order valence-corrected chi connectivity index (χ0v) is 11.8. The number of rotatable bonds is 4. The highest BCUT2D eigenvalue weighted by Crippen LogP contribution is 2.29. The van der Waals surface area contributed by atoms with Gasteiger partial charge in [-0.15, -0.1) is 0 Å². The van der Waals surface area contributed by atoms with E-state index in [1.54, 1.807) is 31.5 Å². The molecule has 2 rings (SSSR count). The van der Waals surface area contributed by atoms with E-state index in [0.29, 0.717) is 11.3 Å². The number of benzene rings is 2. The van der Waals surface area contributed by atoms with Crippen molar-refractivity contribution in [3.8, 4) is 17.2 Å². The van der Waals surface area contributed by atoms with Crippen molar-refractivity contribution in [1.29, 1.82) is 0 Å². The lowest BCUT2D eigenvalue weighted by molar-refractivity contribution is 0.373. The summed E-state index contributed by atoms with van der Waals surface area (Å²) in [6, 6.07) is 11.0. The Labute approximate surface area is 118 Å². The van der Waals surface area contributed by atoms with E-state index in [1.807, 2.05) is 25.1 Å². The Morgan fingerprint density at radius 3 is 2.60 bits per heavy atom. The monoisotopic (exact) mass is 271 g/mol. The van der Waals surface area contributed by atoms with Crippen LogP contribution in [0.25, 0.3) is 0 Å². The predicted molar refractivity (Wildman–Crippen MR) is 79.6 cm³/mol. The lowest BCUT2D eigenvalue weighted by Gasteiger charge is -2.06. The maximum atomic E-state index is 10.00. The molecule has 0 aliphatic carbocycles. The molecule has 0 radical (unpaired) electrons. The minimum atomic E-state index is 0.0827. The number of aliphatic imine (C=N–C) groups is 1. The first kappa shape index (κ1) is 13.9. The Bertz CT molecular complexity index is 632. The van der Waals surface area contributed by atoms with Crippen molar-refractivity contribution in [2.45, 2.75) is 6.92 Å². The molecular weight excluding hydrogens is 254 g/mol. The second-order valence-electron chi connectivity index (χ2n) is 4.31. The van der Waals surface area contributed by atoms with Gasteiger partial charge in [0.15, 0.2) is 11.5 Å². The summed E-state index contributed by atoms with van der Waals surface area (Å²) in [5.74, 6) is 1.26. The van der Waals surface area contributed by atoms with E-state index in [-0.39, 0.29) is 5.75 Å². The summed E-state index contributed by atoms with van der Waals surface area (Å²) in [4.78, 5) is 4.40. The van der Waals surface area contributed by atoms with Gasteiger partial charge < -0.3 is 14.6 Å². The number of para-hydroxylation sites is 1. The van der Waals surface area contributed by atoms with Crippen molar-refractivity contribution in [3.05, 3.63) is 47.5 Å². The molecule has 1 N–H and O–H groups in total. The number of phenols is 1. The molecule has 0 amide bonds. The van der Waals surface area contributed by atoms with E-state index >= 15 is 0 Å². The summed E-state index contributed by atoms with van der Waals surface area (Å²) >= 11 is 0. The lowest BCUT2D eigenvalue weighted by Crippen LogP contribution is -1.88. The third-order valence-electron chi connectivity index (χ3n) is 3.01. The van der Waals surface area contributed by atoms with Gasteiger partial charge in [0.2, 0.25) is 0 Å². The summed E-state index contributed by atoms with van der Waals surface area (Å²) in [7, 11) is 3.13. The quantitative estimate of drug-likeness (QED) is 0.866. The highest BCUT2D eigenvalue weighted by molar-refractivity contribution is 5.87. The lowest BCUT2D eigenvalue weighted by atomic mass is 10.2. The smallest absolute Gasteiger partial charge is 0.166 e. The Kier molecular flexibility index (Phi) is 4.25. The molecule has 0 spiro atoms. The van der Waals surface area contributed by atoms with Crippen LogP contribution in [0.3, 0.4) is 0 Å². The van der Waals surface area contributed by atoms with Crippen molar-refractivity contribution in [2.75, 3.05) is 14.2 Å². The van der Waals surface area contributed by atoms with Crippen LogP contribution in [0.4, 0.5) is 5.69 Å². The minimum Gasteiger partial charge on any atom is -0.504 e. The fraction of sp³-hybridized carbons (Fsp3) is 0.188. The number of nitrogens with zero attached hydrogens (tertiary/aromatic N) is 1. The van der Waals surface area contributed by atoms with Crippen LogP contribution in [-0.2, 0) is 0 Å². The first-order valence-corrected chi connectivity index (χ1v) is 6.20. The standard InChI is InChI=1S/C16H17NO3/c1-11-7-8-13(19-2)9-14(11)17-10-12-5-4-6-15(20-3)16(12)18/h4-10,18H,1-3H3. The molecule has 2 aromatic rings. The van der Waals surface area contributed by atoms with Crippen LogP contribution < -0.4 is 9.47 Å². The maximum absolute atomic E-state index is 10.00. The van der Waals surface area contributed by atoms with Crippen LogP contribution in [0.5, 0.6) is 17.2 Å². The largest absolute Gasteiger partial charge is 0.504 e. The average molecular weight is 271 g/mol. The fourth-order valence-electron chi connectivity index (χ4n) is 1.80. The molecule has 4 nitrogen and oxygen atoms in total. The van der Waals surface area contributed by atoms with E-state index in [0.717, 1.165) is 17.0 Å². The number of aromatic hydroxyl groups is 1. The number of methoxy groups -OCH3 is 2. The van der Waals surface area contributed by atoms with Crippen LogP contribution in [0.1, 0.15) is 11.1 Å².